The Balaban J connectivity index is 1.88. The van der Waals surface area contributed by atoms with Gasteiger partial charge in [0.1, 0.15) is 17.0 Å². The van der Waals surface area contributed by atoms with Crippen molar-refractivity contribution in [2.45, 2.75) is 46.5 Å². The standard InChI is InChI=1S/C24H24F3N5O3/c1-12-6-7-18(35-23(26)27)14(8-12)11-32-20-15(21(33)31(32)5)9-17(25)19(30-20)16-10-28-22(24(3,4)34)29-13(16)2/h6-10,23,34H,11H2,1-5H3. The minimum Gasteiger partial charge on any atom is -0.434 e. The highest BCUT2D eigenvalue weighted by atomic mass is 19.3. The van der Waals surface area contributed by atoms with E-state index in [-0.39, 0.29) is 40.4 Å². The molecule has 4 rings (SSSR count). The van der Waals surface area contributed by atoms with Gasteiger partial charge in [0.05, 0.1) is 17.6 Å². The zero-order valence-corrected chi connectivity index (χ0v) is 19.8. The average Bonchev–Trinajstić information content (AvgIpc) is 2.98. The molecule has 0 bridgehead atoms. The summed E-state index contributed by atoms with van der Waals surface area (Å²) >= 11 is 0. The van der Waals surface area contributed by atoms with Gasteiger partial charge in [-0.3, -0.25) is 14.2 Å². The number of aliphatic hydroxyl groups is 1. The molecule has 8 nitrogen and oxygen atoms in total. The van der Waals surface area contributed by atoms with Gasteiger partial charge in [0.25, 0.3) is 5.56 Å². The highest BCUT2D eigenvalue weighted by molar-refractivity contribution is 5.79. The van der Waals surface area contributed by atoms with Crippen LogP contribution in [0, 0.1) is 19.7 Å². The number of aryl methyl sites for hydroxylation is 2. The molecule has 1 aromatic carbocycles. The summed E-state index contributed by atoms with van der Waals surface area (Å²) in [6.45, 7) is 3.46. The van der Waals surface area contributed by atoms with Crippen LogP contribution in [0.4, 0.5) is 13.2 Å². The van der Waals surface area contributed by atoms with Crippen LogP contribution in [0.25, 0.3) is 22.3 Å². The SMILES string of the molecule is Cc1ccc(OC(F)F)c(Cn2c3nc(-c4cnc(C(C)(C)O)nc4C)c(F)cc3c(=O)n2C)c1. The first-order chi connectivity index (χ1) is 16.4. The van der Waals surface area contributed by atoms with E-state index in [1.807, 2.05) is 0 Å². The summed E-state index contributed by atoms with van der Waals surface area (Å²) in [6, 6.07) is 5.84. The number of hydrogen-bond acceptors (Lipinski definition) is 6. The first kappa shape index (κ1) is 24.4. The van der Waals surface area contributed by atoms with Crippen LogP contribution in [0.5, 0.6) is 5.75 Å². The zero-order chi connectivity index (χ0) is 25.7. The van der Waals surface area contributed by atoms with E-state index in [4.69, 9.17) is 0 Å². The molecule has 11 heteroatoms. The van der Waals surface area contributed by atoms with Crippen molar-refractivity contribution >= 4 is 11.0 Å². The molecular formula is C24H24F3N5O3. The molecular weight excluding hydrogens is 463 g/mol. The Morgan fingerprint density at radius 3 is 2.51 bits per heavy atom. The van der Waals surface area contributed by atoms with E-state index >= 15 is 4.39 Å². The number of alkyl halides is 2. The fourth-order valence-corrected chi connectivity index (χ4v) is 3.83. The smallest absolute Gasteiger partial charge is 0.387 e. The van der Waals surface area contributed by atoms with Crippen LogP contribution in [-0.4, -0.2) is 36.0 Å². The van der Waals surface area contributed by atoms with Crippen LogP contribution >= 0.6 is 0 Å². The van der Waals surface area contributed by atoms with Gasteiger partial charge in [0.15, 0.2) is 17.3 Å². The topological polar surface area (TPSA) is 95.1 Å². The van der Waals surface area contributed by atoms with Crippen molar-refractivity contribution < 1.29 is 23.0 Å². The lowest BCUT2D eigenvalue weighted by atomic mass is 10.1. The number of ether oxygens (including phenoxy) is 1. The Labute approximate surface area is 198 Å². The third-order valence-corrected chi connectivity index (χ3v) is 5.62. The average molecular weight is 487 g/mol. The largest absolute Gasteiger partial charge is 0.434 e. The van der Waals surface area contributed by atoms with Gasteiger partial charge in [0.2, 0.25) is 0 Å². The molecule has 0 fully saturated rings. The Morgan fingerprint density at radius 1 is 1.17 bits per heavy atom. The van der Waals surface area contributed by atoms with Crippen molar-refractivity contribution in [3.05, 3.63) is 69.3 Å². The molecule has 3 aromatic heterocycles. The third-order valence-electron chi connectivity index (χ3n) is 5.62. The zero-order valence-electron chi connectivity index (χ0n) is 19.8. The lowest BCUT2D eigenvalue weighted by molar-refractivity contribution is -0.0505. The predicted octanol–water partition coefficient (Wildman–Crippen LogP) is 3.83. The fraction of sp³-hybridized carbons (Fsp3) is 0.333. The van der Waals surface area contributed by atoms with Gasteiger partial charge in [0, 0.05) is 24.4 Å². The first-order valence-electron chi connectivity index (χ1n) is 10.7. The van der Waals surface area contributed by atoms with Crippen LogP contribution in [0.1, 0.15) is 36.5 Å². The number of nitrogens with zero attached hydrogens (tertiary/aromatic N) is 5. The Morgan fingerprint density at radius 2 is 1.89 bits per heavy atom. The van der Waals surface area contributed by atoms with Crippen molar-refractivity contribution in [3.63, 3.8) is 0 Å². The molecule has 4 aromatic rings. The maximum absolute atomic E-state index is 15.1. The van der Waals surface area contributed by atoms with Crippen molar-refractivity contribution in [1.82, 2.24) is 24.3 Å². The van der Waals surface area contributed by atoms with Crippen molar-refractivity contribution in [2.75, 3.05) is 0 Å². The van der Waals surface area contributed by atoms with Gasteiger partial charge < -0.3 is 9.84 Å². The number of hydrogen-bond donors (Lipinski definition) is 1. The normalized spacial score (nSPS) is 12.1. The van der Waals surface area contributed by atoms with E-state index in [1.165, 1.54) is 42.5 Å². The number of pyridine rings is 1. The quantitative estimate of drug-likeness (QED) is 0.444. The van der Waals surface area contributed by atoms with Crippen LogP contribution in [0.2, 0.25) is 0 Å². The second-order valence-corrected chi connectivity index (χ2v) is 8.82. The van der Waals surface area contributed by atoms with Gasteiger partial charge in [-0.05, 0) is 39.8 Å². The highest BCUT2D eigenvalue weighted by Crippen LogP contribution is 2.28. The van der Waals surface area contributed by atoms with Crippen LogP contribution in [0.15, 0.2) is 35.3 Å². The van der Waals surface area contributed by atoms with Crippen LogP contribution in [-0.2, 0) is 19.2 Å². The summed E-state index contributed by atoms with van der Waals surface area (Å²) < 4.78 is 48.3. The lowest BCUT2D eigenvalue weighted by Crippen LogP contribution is -2.20. The molecule has 0 amide bonds. The summed E-state index contributed by atoms with van der Waals surface area (Å²) in [6.07, 6.45) is 1.37. The lowest BCUT2D eigenvalue weighted by Gasteiger charge is -2.17. The number of aromatic nitrogens is 5. The number of halogens is 3. The van der Waals surface area contributed by atoms with E-state index < -0.39 is 23.6 Å². The molecule has 0 aliphatic rings. The summed E-state index contributed by atoms with van der Waals surface area (Å²) in [4.78, 5) is 25.7. The molecule has 0 aliphatic carbocycles. The van der Waals surface area contributed by atoms with Crippen molar-refractivity contribution in [1.29, 1.82) is 0 Å². The molecule has 0 unspecified atom stereocenters. The maximum atomic E-state index is 15.1. The molecule has 0 atom stereocenters. The molecule has 184 valence electrons. The fourth-order valence-electron chi connectivity index (χ4n) is 3.83. The molecule has 0 aliphatic heterocycles. The summed E-state index contributed by atoms with van der Waals surface area (Å²) in [5.74, 6) is -0.608. The van der Waals surface area contributed by atoms with E-state index in [1.54, 1.807) is 26.0 Å². The minimum absolute atomic E-state index is 0.0236. The highest BCUT2D eigenvalue weighted by Gasteiger charge is 2.24. The van der Waals surface area contributed by atoms with Gasteiger partial charge in [-0.15, -0.1) is 0 Å². The van der Waals surface area contributed by atoms with Gasteiger partial charge in [-0.25, -0.2) is 19.3 Å². The maximum Gasteiger partial charge on any atom is 0.387 e. The van der Waals surface area contributed by atoms with Crippen LogP contribution in [0.3, 0.4) is 0 Å². The Bertz CT molecular complexity index is 1490. The number of fused-ring (bicyclic) bond motifs is 1. The molecule has 0 saturated heterocycles. The minimum atomic E-state index is -3.02. The van der Waals surface area contributed by atoms with E-state index in [2.05, 4.69) is 19.7 Å². The molecule has 0 radical (unpaired) electrons. The number of rotatable bonds is 6. The Kier molecular flexibility index (Phi) is 6.14. The molecule has 35 heavy (non-hydrogen) atoms. The monoisotopic (exact) mass is 487 g/mol. The van der Waals surface area contributed by atoms with Gasteiger partial charge >= 0.3 is 6.61 Å². The number of benzene rings is 1. The van der Waals surface area contributed by atoms with Gasteiger partial charge in [-0.2, -0.15) is 8.78 Å². The summed E-state index contributed by atoms with van der Waals surface area (Å²) in [5.41, 5.74) is 0.186. The molecule has 3 heterocycles. The molecule has 0 saturated carbocycles. The summed E-state index contributed by atoms with van der Waals surface area (Å²) in [7, 11) is 1.48. The third kappa shape index (κ3) is 4.63. The molecule has 1 N–H and O–H groups in total. The van der Waals surface area contributed by atoms with Crippen molar-refractivity contribution in [2.24, 2.45) is 7.05 Å². The predicted molar refractivity (Wildman–Crippen MR) is 123 cm³/mol. The van der Waals surface area contributed by atoms with Gasteiger partial charge in [-0.1, -0.05) is 17.7 Å². The van der Waals surface area contributed by atoms with E-state index in [9.17, 15) is 18.7 Å². The summed E-state index contributed by atoms with van der Waals surface area (Å²) in [5, 5.41) is 10.2. The first-order valence-corrected chi connectivity index (χ1v) is 10.7. The van der Waals surface area contributed by atoms with E-state index in [0.29, 0.717) is 11.3 Å². The van der Waals surface area contributed by atoms with Crippen LogP contribution < -0.4 is 10.3 Å². The Hall–Kier alpha value is -3.73. The second-order valence-electron chi connectivity index (χ2n) is 8.82. The molecule has 0 spiro atoms. The second kappa shape index (κ2) is 8.81. The van der Waals surface area contributed by atoms with Crippen molar-refractivity contribution in [3.8, 4) is 17.0 Å². The van der Waals surface area contributed by atoms with E-state index in [0.717, 1.165) is 11.6 Å².